The summed E-state index contributed by atoms with van der Waals surface area (Å²) in [4.78, 5) is 14.6. The van der Waals surface area contributed by atoms with Crippen LogP contribution in [0.25, 0.3) is 0 Å². The highest BCUT2D eigenvalue weighted by Gasteiger charge is 2.44. The van der Waals surface area contributed by atoms with Crippen LogP contribution in [-0.2, 0) is 24.3 Å². The maximum absolute atomic E-state index is 12.7. The molecule has 0 unspecified atom stereocenters. The van der Waals surface area contributed by atoms with E-state index in [-0.39, 0.29) is 18.6 Å². The molecule has 0 radical (unpaired) electrons. The van der Waals surface area contributed by atoms with E-state index in [1.807, 2.05) is 4.90 Å². The molecular formula is C17H30N2O5S. The van der Waals surface area contributed by atoms with E-state index in [9.17, 15) is 13.2 Å². The zero-order chi connectivity index (χ0) is 17.9. The zero-order valence-electron chi connectivity index (χ0n) is 15.0. The third-order valence-electron chi connectivity index (χ3n) is 5.55. The lowest BCUT2D eigenvalue weighted by Gasteiger charge is -2.32. The monoisotopic (exact) mass is 374 g/mol. The fraction of sp³-hybridized carbons (Fsp3) is 0.941. The van der Waals surface area contributed by atoms with Gasteiger partial charge in [-0.2, -0.15) is 0 Å². The lowest BCUT2D eigenvalue weighted by Crippen LogP contribution is -2.47. The number of amides is 1. The van der Waals surface area contributed by atoms with E-state index in [2.05, 4.69) is 4.72 Å². The molecule has 0 aromatic carbocycles. The minimum atomic E-state index is -3.22. The van der Waals surface area contributed by atoms with Crippen LogP contribution in [0.3, 0.4) is 0 Å². The molecule has 1 aliphatic carbocycles. The molecule has 1 spiro atoms. The Hall–Kier alpha value is -0.700. The molecule has 0 aromatic heterocycles. The van der Waals surface area contributed by atoms with Crippen LogP contribution < -0.4 is 4.72 Å². The van der Waals surface area contributed by atoms with Crippen molar-refractivity contribution in [2.75, 3.05) is 39.1 Å². The number of carbonyl (C=O) groups excluding carboxylic acids is 1. The number of ether oxygens (including phenoxy) is 2. The van der Waals surface area contributed by atoms with E-state index < -0.39 is 15.6 Å². The molecular weight excluding hydrogens is 344 g/mol. The molecule has 2 saturated heterocycles. The van der Waals surface area contributed by atoms with Gasteiger partial charge in [-0.15, -0.1) is 0 Å². The van der Waals surface area contributed by atoms with Gasteiger partial charge in [-0.3, -0.25) is 4.79 Å². The van der Waals surface area contributed by atoms with Crippen LogP contribution in [-0.4, -0.2) is 70.0 Å². The van der Waals surface area contributed by atoms with Crippen LogP contribution in [0.4, 0.5) is 0 Å². The molecule has 25 heavy (non-hydrogen) atoms. The standard InChI is InChI=1S/C17H30N2O5S/c1-25(21,22)18-11-15-6-7-17(24-15)12-19(8-9-23-13-17)16(20)10-14-4-2-3-5-14/h14-15,18H,2-13H2,1H3/t15-,17-/m1/s1. The Morgan fingerprint density at radius 3 is 2.76 bits per heavy atom. The number of hydrogen-bond donors (Lipinski definition) is 1. The topological polar surface area (TPSA) is 84.9 Å². The maximum Gasteiger partial charge on any atom is 0.223 e. The first-order chi connectivity index (χ1) is 11.9. The van der Waals surface area contributed by atoms with Crippen molar-refractivity contribution >= 4 is 15.9 Å². The second-order valence-corrected chi connectivity index (χ2v) is 9.64. The maximum atomic E-state index is 12.7. The SMILES string of the molecule is CS(=O)(=O)NC[C@H]1CC[C@@]2(COCCN(C(=O)CC3CCCC3)C2)O1. The molecule has 2 aliphatic heterocycles. The summed E-state index contributed by atoms with van der Waals surface area (Å²) in [6.07, 6.45) is 7.99. The summed E-state index contributed by atoms with van der Waals surface area (Å²) >= 11 is 0. The fourth-order valence-corrected chi connectivity index (χ4v) is 4.70. The van der Waals surface area contributed by atoms with Gasteiger partial charge in [0.1, 0.15) is 5.60 Å². The summed E-state index contributed by atoms with van der Waals surface area (Å²) in [7, 11) is -3.22. The van der Waals surface area contributed by atoms with Gasteiger partial charge >= 0.3 is 0 Å². The van der Waals surface area contributed by atoms with Crippen LogP contribution in [0.2, 0.25) is 0 Å². The fourth-order valence-electron chi connectivity index (χ4n) is 4.21. The lowest BCUT2D eigenvalue weighted by atomic mass is 9.98. The van der Waals surface area contributed by atoms with Gasteiger partial charge in [0.25, 0.3) is 0 Å². The quantitative estimate of drug-likeness (QED) is 0.773. The van der Waals surface area contributed by atoms with Crippen molar-refractivity contribution in [3.63, 3.8) is 0 Å². The predicted molar refractivity (Wildman–Crippen MR) is 93.7 cm³/mol. The van der Waals surface area contributed by atoms with Crippen LogP contribution in [0.15, 0.2) is 0 Å². The molecule has 144 valence electrons. The van der Waals surface area contributed by atoms with Crippen molar-refractivity contribution < 1.29 is 22.7 Å². The van der Waals surface area contributed by atoms with Gasteiger partial charge in [-0.25, -0.2) is 13.1 Å². The highest BCUT2D eigenvalue weighted by molar-refractivity contribution is 7.88. The number of carbonyl (C=O) groups is 1. The molecule has 2 atom stereocenters. The van der Waals surface area contributed by atoms with Crippen LogP contribution in [0.5, 0.6) is 0 Å². The third-order valence-corrected chi connectivity index (χ3v) is 6.24. The van der Waals surface area contributed by atoms with Crippen molar-refractivity contribution in [3.05, 3.63) is 0 Å². The molecule has 3 rings (SSSR count). The third kappa shape index (κ3) is 5.39. The van der Waals surface area contributed by atoms with Gasteiger partial charge in [0.05, 0.1) is 32.1 Å². The van der Waals surface area contributed by atoms with Crippen molar-refractivity contribution in [1.82, 2.24) is 9.62 Å². The molecule has 0 bridgehead atoms. The Labute approximate surface area is 150 Å². The van der Waals surface area contributed by atoms with E-state index in [4.69, 9.17) is 9.47 Å². The van der Waals surface area contributed by atoms with E-state index in [1.165, 1.54) is 12.8 Å². The normalized spacial score (nSPS) is 31.6. The second-order valence-electron chi connectivity index (χ2n) is 7.80. The van der Waals surface area contributed by atoms with Crippen molar-refractivity contribution in [3.8, 4) is 0 Å². The Morgan fingerprint density at radius 1 is 1.28 bits per heavy atom. The van der Waals surface area contributed by atoms with Crippen LogP contribution in [0, 0.1) is 5.92 Å². The van der Waals surface area contributed by atoms with Gasteiger partial charge in [-0.05, 0) is 31.6 Å². The Bertz CT molecular complexity index is 576. The van der Waals surface area contributed by atoms with Crippen molar-refractivity contribution in [1.29, 1.82) is 0 Å². The molecule has 2 heterocycles. The summed E-state index contributed by atoms with van der Waals surface area (Å²) in [6.45, 7) is 2.44. The number of sulfonamides is 1. The molecule has 1 saturated carbocycles. The first-order valence-corrected chi connectivity index (χ1v) is 11.2. The lowest BCUT2D eigenvalue weighted by molar-refractivity contribution is -0.136. The average Bonchev–Trinajstić information content (AvgIpc) is 3.12. The van der Waals surface area contributed by atoms with Crippen LogP contribution in [0.1, 0.15) is 44.9 Å². The number of rotatable bonds is 5. The summed E-state index contributed by atoms with van der Waals surface area (Å²) in [5, 5.41) is 0. The number of nitrogens with zero attached hydrogens (tertiary/aromatic N) is 1. The number of nitrogens with one attached hydrogen (secondary N) is 1. The predicted octanol–water partition coefficient (Wildman–Crippen LogP) is 0.893. The second kappa shape index (κ2) is 7.90. The summed E-state index contributed by atoms with van der Waals surface area (Å²) in [5.74, 6) is 0.738. The van der Waals surface area contributed by atoms with Gasteiger partial charge in [0.15, 0.2) is 0 Å². The van der Waals surface area contributed by atoms with Gasteiger partial charge in [0.2, 0.25) is 15.9 Å². The van der Waals surface area contributed by atoms with Gasteiger partial charge in [0, 0.05) is 19.5 Å². The largest absolute Gasteiger partial charge is 0.377 e. The van der Waals surface area contributed by atoms with Crippen LogP contribution >= 0.6 is 0 Å². The average molecular weight is 375 g/mol. The zero-order valence-corrected chi connectivity index (χ0v) is 15.9. The highest BCUT2D eigenvalue weighted by atomic mass is 32.2. The van der Waals surface area contributed by atoms with Gasteiger partial charge in [-0.1, -0.05) is 12.8 Å². The summed E-state index contributed by atoms with van der Waals surface area (Å²) in [6, 6.07) is 0. The summed E-state index contributed by atoms with van der Waals surface area (Å²) in [5.41, 5.74) is -0.494. The first kappa shape index (κ1) is 19.1. The van der Waals surface area contributed by atoms with Crippen molar-refractivity contribution in [2.45, 2.75) is 56.7 Å². The summed E-state index contributed by atoms with van der Waals surface area (Å²) < 4.78 is 36.9. The number of hydrogen-bond acceptors (Lipinski definition) is 5. The van der Waals surface area contributed by atoms with E-state index in [0.29, 0.717) is 38.6 Å². The van der Waals surface area contributed by atoms with Crippen molar-refractivity contribution in [2.24, 2.45) is 5.92 Å². The molecule has 3 aliphatic rings. The van der Waals surface area contributed by atoms with E-state index in [1.54, 1.807) is 0 Å². The molecule has 1 amide bonds. The minimum Gasteiger partial charge on any atom is -0.377 e. The van der Waals surface area contributed by atoms with E-state index >= 15 is 0 Å². The molecule has 7 nitrogen and oxygen atoms in total. The minimum absolute atomic E-state index is 0.164. The molecule has 8 heteroatoms. The Morgan fingerprint density at radius 2 is 2.04 bits per heavy atom. The van der Waals surface area contributed by atoms with Gasteiger partial charge < -0.3 is 14.4 Å². The Balaban J connectivity index is 1.56. The first-order valence-electron chi connectivity index (χ1n) is 9.33. The Kier molecular flexibility index (Phi) is 6.03. The molecule has 0 aromatic rings. The van der Waals surface area contributed by atoms with E-state index in [0.717, 1.165) is 31.9 Å². The smallest absolute Gasteiger partial charge is 0.223 e. The highest BCUT2D eigenvalue weighted by Crippen LogP contribution is 2.34. The molecule has 1 N–H and O–H groups in total. The molecule has 3 fully saturated rings.